The van der Waals surface area contributed by atoms with Crippen LogP contribution in [-0.2, 0) is 6.54 Å². The SMILES string of the molecule is Cc1nn(CC(C)C)c(Cl)c1C1CCCN1c1cn[nH]c(=O)c1Cl. The van der Waals surface area contributed by atoms with Gasteiger partial charge in [0.05, 0.1) is 23.6 Å². The third-order valence-corrected chi connectivity index (χ3v) is 5.08. The minimum absolute atomic E-state index is 0.0551. The average molecular weight is 370 g/mol. The van der Waals surface area contributed by atoms with Crippen molar-refractivity contribution < 1.29 is 0 Å². The number of hydrogen-bond acceptors (Lipinski definition) is 4. The van der Waals surface area contributed by atoms with Crippen LogP contribution in [0.4, 0.5) is 5.69 Å². The van der Waals surface area contributed by atoms with E-state index in [9.17, 15) is 4.79 Å². The van der Waals surface area contributed by atoms with Crippen LogP contribution < -0.4 is 10.5 Å². The highest BCUT2D eigenvalue weighted by Crippen LogP contribution is 2.41. The number of nitrogens with one attached hydrogen (secondary N) is 1. The lowest BCUT2D eigenvalue weighted by molar-refractivity contribution is 0.481. The van der Waals surface area contributed by atoms with Crippen LogP contribution in [0.15, 0.2) is 11.0 Å². The Hall–Kier alpha value is -1.53. The summed E-state index contributed by atoms with van der Waals surface area (Å²) in [5.41, 5.74) is 2.21. The number of anilines is 1. The number of aryl methyl sites for hydroxylation is 1. The summed E-state index contributed by atoms with van der Waals surface area (Å²) in [6.45, 7) is 7.83. The van der Waals surface area contributed by atoms with Crippen LogP contribution in [0.3, 0.4) is 0 Å². The predicted molar refractivity (Wildman–Crippen MR) is 96.0 cm³/mol. The predicted octanol–water partition coefficient (Wildman–Crippen LogP) is 3.58. The monoisotopic (exact) mass is 369 g/mol. The zero-order chi connectivity index (χ0) is 17.4. The average Bonchev–Trinajstić information content (AvgIpc) is 3.07. The highest BCUT2D eigenvalue weighted by atomic mass is 35.5. The summed E-state index contributed by atoms with van der Waals surface area (Å²) in [6.07, 6.45) is 3.54. The van der Waals surface area contributed by atoms with E-state index < -0.39 is 0 Å². The molecular weight excluding hydrogens is 349 g/mol. The van der Waals surface area contributed by atoms with Crippen LogP contribution in [0.25, 0.3) is 0 Å². The Morgan fingerprint density at radius 3 is 2.88 bits per heavy atom. The van der Waals surface area contributed by atoms with Gasteiger partial charge in [0.15, 0.2) is 0 Å². The lowest BCUT2D eigenvalue weighted by Crippen LogP contribution is -2.26. The van der Waals surface area contributed by atoms with Gasteiger partial charge < -0.3 is 4.90 Å². The number of aromatic nitrogens is 4. The molecule has 1 aliphatic heterocycles. The molecule has 0 aliphatic carbocycles. The van der Waals surface area contributed by atoms with Gasteiger partial charge >= 0.3 is 0 Å². The number of nitrogens with zero attached hydrogens (tertiary/aromatic N) is 4. The highest BCUT2D eigenvalue weighted by Gasteiger charge is 2.33. The number of aromatic amines is 1. The third kappa shape index (κ3) is 3.05. The first kappa shape index (κ1) is 17.3. The van der Waals surface area contributed by atoms with Gasteiger partial charge in [0.1, 0.15) is 10.2 Å². The van der Waals surface area contributed by atoms with Gasteiger partial charge in [-0.3, -0.25) is 9.48 Å². The lowest BCUT2D eigenvalue weighted by atomic mass is 10.1. The van der Waals surface area contributed by atoms with Gasteiger partial charge in [0, 0.05) is 18.7 Å². The molecule has 1 N–H and O–H groups in total. The van der Waals surface area contributed by atoms with Gasteiger partial charge in [-0.1, -0.05) is 37.0 Å². The summed E-state index contributed by atoms with van der Waals surface area (Å²) >= 11 is 12.8. The molecule has 1 saturated heterocycles. The summed E-state index contributed by atoms with van der Waals surface area (Å²) < 4.78 is 1.87. The lowest BCUT2D eigenvalue weighted by Gasteiger charge is -2.27. The van der Waals surface area contributed by atoms with E-state index in [4.69, 9.17) is 23.2 Å². The smallest absolute Gasteiger partial charge is 0.285 e. The van der Waals surface area contributed by atoms with E-state index in [2.05, 4.69) is 34.0 Å². The minimum atomic E-state index is -0.377. The topological polar surface area (TPSA) is 66.8 Å². The molecule has 1 fully saturated rings. The van der Waals surface area contributed by atoms with E-state index in [0.29, 0.717) is 16.8 Å². The molecule has 0 aromatic carbocycles. The van der Waals surface area contributed by atoms with Gasteiger partial charge in [0.25, 0.3) is 5.56 Å². The summed E-state index contributed by atoms with van der Waals surface area (Å²) in [5, 5.41) is 11.7. The molecule has 1 aliphatic rings. The molecule has 6 nitrogen and oxygen atoms in total. The molecule has 3 heterocycles. The second kappa shape index (κ2) is 6.76. The van der Waals surface area contributed by atoms with Crippen LogP contribution in [0.1, 0.15) is 44.0 Å². The Kier molecular flexibility index (Phi) is 4.88. The Morgan fingerprint density at radius 2 is 2.17 bits per heavy atom. The van der Waals surface area contributed by atoms with Crippen molar-refractivity contribution in [3.05, 3.63) is 38.0 Å². The normalized spacial score (nSPS) is 17.9. The van der Waals surface area contributed by atoms with Gasteiger partial charge in [-0.05, 0) is 25.7 Å². The van der Waals surface area contributed by atoms with Crippen LogP contribution >= 0.6 is 23.2 Å². The Labute approximate surface area is 150 Å². The largest absolute Gasteiger partial charge is 0.362 e. The van der Waals surface area contributed by atoms with Crippen molar-refractivity contribution in [2.45, 2.75) is 46.2 Å². The van der Waals surface area contributed by atoms with Crippen LogP contribution in [-0.4, -0.2) is 26.5 Å². The van der Waals surface area contributed by atoms with Crippen molar-refractivity contribution in [2.75, 3.05) is 11.4 Å². The van der Waals surface area contributed by atoms with E-state index >= 15 is 0 Å². The van der Waals surface area contributed by atoms with Crippen molar-refractivity contribution in [1.82, 2.24) is 20.0 Å². The van der Waals surface area contributed by atoms with Crippen molar-refractivity contribution in [2.24, 2.45) is 5.92 Å². The number of H-pyrrole nitrogens is 1. The molecule has 0 saturated carbocycles. The van der Waals surface area contributed by atoms with E-state index in [0.717, 1.165) is 37.2 Å². The Bertz CT molecular complexity index is 798. The first-order chi connectivity index (χ1) is 11.4. The minimum Gasteiger partial charge on any atom is -0.362 e. The molecule has 130 valence electrons. The zero-order valence-electron chi connectivity index (χ0n) is 14.0. The molecule has 0 bridgehead atoms. The van der Waals surface area contributed by atoms with Gasteiger partial charge in [-0.15, -0.1) is 0 Å². The van der Waals surface area contributed by atoms with E-state index in [1.54, 1.807) is 6.20 Å². The van der Waals surface area contributed by atoms with Crippen molar-refractivity contribution in [1.29, 1.82) is 0 Å². The van der Waals surface area contributed by atoms with Crippen molar-refractivity contribution in [3.63, 3.8) is 0 Å². The first-order valence-corrected chi connectivity index (χ1v) is 8.88. The molecule has 1 atom stereocenters. The number of rotatable bonds is 4. The molecule has 2 aromatic rings. The fourth-order valence-corrected chi connectivity index (χ4v) is 3.91. The van der Waals surface area contributed by atoms with Crippen molar-refractivity contribution >= 4 is 28.9 Å². The standard InChI is InChI=1S/C16H21Cl2N5O/c1-9(2)8-23-15(18)13(10(3)21-23)11-5-4-6-22(11)12-7-19-20-16(24)14(12)17/h7,9,11H,4-6,8H2,1-3H3,(H,20,24). The molecule has 8 heteroatoms. The molecule has 24 heavy (non-hydrogen) atoms. The summed E-state index contributed by atoms with van der Waals surface area (Å²) in [7, 11) is 0. The fraction of sp³-hybridized carbons (Fsp3) is 0.562. The van der Waals surface area contributed by atoms with E-state index in [1.165, 1.54) is 0 Å². The first-order valence-electron chi connectivity index (χ1n) is 8.12. The van der Waals surface area contributed by atoms with Crippen LogP contribution in [0, 0.1) is 12.8 Å². The quantitative estimate of drug-likeness (QED) is 0.894. The van der Waals surface area contributed by atoms with E-state index in [-0.39, 0.29) is 16.6 Å². The van der Waals surface area contributed by atoms with Crippen molar-refractivity contribution in [3.8, 4) is 0 Å². The van der Waals surface area contributed by atoms with Crippen LogP contribution in [0.5, 0.6) is 0 Å². The van der Waals surface area contributed by atoms with Gasteiger partial charge in [0.2, 0.25) is 0 Å². The number of halogens is 2. The molecule has 3 rings (SSSR count). The maximum atomic E-state index is 11.8. The maximum absolute atomic E-state index is 11.8. The molecular formula is C16H21Cl2N5O. The summed E-state index contributed by atoms with van der Waals surface area (Å²) in [5.74, 6) is 0.459. The summed E-state index contributed by atoms with van der Waals surface area (Å²) in [4.78, 5) is 13.9. The third-order valence-electron chi connectivity index (χ3n) is 4.32. The van der Waals surface area contributed by atoms with Crippen LogP contribution in [0.2, 0.25) is 10.2 Å². The molecule has 1 unspecified atom stereocenters. The molecule has 2 aromatic heterocycles. The molecule has 0 radical (unpaired) electrons. The maximum Gasteiger partial charge on any atom is 0.285 e. The fourth-order valence-electron chi connectivity index (χ4n) is 3.34. The van der Waals surface area contributed by atoms with Gasteiger partial charge in [-0.25, -0.2) is 5.10 Å². The van der Waals surface area contributed by atoms with E-state index in [1.807, 2.05) is 11.6 Å². The number of hydrogen-bond donors (Lipinski definition) is 1. The highest BCUT2D eigenvalue weighted by molar-refractivity contribution is 6.33. The second-order valence-corrected chi connectivity index (χ2v) is 7.35. The Balaban J connectivity index is 2.01. The molecule has 0 amide bonds. The summed E-state index contributed by atoms with van der Waals surface area (Å²) in [6, 6.07) is 0.0551. The Morgan fingerprint density at radius 1 is 1.42 bits per heavy atom. The van der Waals surface area contributed by atoms with Gasteiger partial charge in [-0.2, -0.15) is 10.2 Å². The second-order valence-electron chi connectivity index (χ2n) is 6.62. The molecule has 0 spiro atoms. The zero-order valence-corrected chi connectivity index (χ0v) is 15.5.